The maximum atomic E-state index is 15.6. The number of fused-ring (bicyclic) bond motifs is 2. The SMILES string of the molecule is O=C(NCCN1CCCCC1)c1ccc2c(c1)CC(c1ccc(C3=Nc4ccc(C(=O)NCCN5CCCCC5)cc4C3)c(F)c1)=N2. The number of piperidine rings is 2. The van der Waals surface area contributed by atoms with Gasteiger partial charge in [-0.25, -0.2) is 4.39 Å². The average Bonchev–Trinajstić information content (AvgIpc) is 3.73. The lowest BCUT2D eigenvalue weighted by molar-refractivity contribution is 0.0938. The fourth-order valence-corrected chi connectivity index (χ4v) is 7.16. The first-order valence-corrected chi connectivity index (χ1v) is 17.2. The van der Waals surface area contributed by atoms with E-state index in [-0.39, 0.29) is 17.6 Å². The van der Waals surface area contributed by atoms with Crippen LogP contribution in [0.4, 0.5) is 15.8 Å². The molecule has 0 bridgehead atoms. The molecule has 4 aliphatic rings. The Morgan fingerprint density at radius 1 is 0.638 bits per heavy atom. The largest absolute Gasteiger partial charge is 0.351 e. The van der Waals surface area contributed by atoms with Crippen molar-refractivity contribution >= 4 is 34.6 Å². The number of hydrogen-bond donors (Lipinski definition) is 2. The molecule has 0 aliphatic carbocycles. The fraction of sp³-hybridized carbons (Fsp3) is 0.421. The molecular weight excluding hydrogens is 591 g/mol. The summed E-state index contributed by atoms with van der Waals surface area (Å²) in [5.74, 6) is -0.516. The Hall–Kier alpha value is -4.21. The number of rotatable bonds is 10. The molecular formula is C38H43FN6O2. The number of nitrogens with zero attached hydrogens (tertiary/aromatic N) is 4. The molecule has 3 aromatic rings. The van der Waals surface area contributed by atoms with Crippen molar-refractivity contribution in [2.24, 2.45) is 9.98 Å². The van der Waals surface area contributed by atoms with Crippen molar-refractivity contribution in [3.63, 3.8) is 0 Å². The van der Waals surface area contributed by atoms with E-state index in [0.717, 1.165) is 73.0 Å². The van der Waals surface area contributed by atoms with E-state index in [1.54, 1.807) is 12.1 Å². The molecule has 7 rings (SSSR count). The van der Waals surface area contributed by atoms with Crippen molar-refractivity contribution in [1.82, 2.24) is 20.4 Å². The molecule has 0 spiro atoms. The molecule has 4 heterocycles. The number of amides is 2. The van der Waals surface area contributed by atoms with Gasteiger partial charge in [-0.3, -0.25) is 19.6 Å². The highest BCUT2D eigenvalue weighted by atomic mass is 19.1. The van der Waals surface area contributed by atoms with Crippen LogP contribution in [-0.4, -0.2) is 85.4 Å². The standard InChI is InChI=1S/C38H43FN6O2/c39-32-23-26(35-24-29-21-27(8-11-33(29)42-35)37(46)40-13-19-44-15-3-1-4-16-44)7-10-31(32)36-25-30-22-28(9-12-34(30)43-36)38(47)41-14-20-45-17-5-2-6-18-45/h7-12,21-23H,1-6,13-20,24-25H2,(H,40,46)(H,41,47). The summed E-state index contributed by atoms with van der Waals surface area (Å²) in [6, 6.07) is 16.3. The highest BCUT2D eigenvalue weighted by Gasteiger charge is 2.23. The van der Waals surface area contributed by atoms with E-state index >= 15 is 4.39 Å². The molecule has 2 amide bonds. The molecule has 0 saturated carbocycles. The lowest BCUT2D eigenvalue weighted by atomic mass is 9.98. The normalized spacial score (nSPS) is 17.9. The Balaban J connectivity index is 0.938. The van der Waals surface area contributed by atoms with Crippen LogP contribution in [0.5, 0.6) is 0 Å². The molecule has 9 heteroatoms. The summed E-state index contributed by atoms with van der Waals surface area (Å²) in [4.78, 5) is 39.9. The Labute approximate surface area is 276 Å². The van der Waals surface area contributed by atoms with Crippen molar-refractivity contribution in [3.05, 3.63) is 93.8 Å². The van der Waals surface area contributed by atoms with Crippen LogP contribution in [-0.2, 0) is 12.8 Å². The molecule has 244 valence electrons. The summed E-state index contributed by atoms with van der Waals surface area (Å²) in [5.41, 5.74) is 7.31. The van der Waals surface area contributed by atoms with E-state index in [2.05, 4.69) is 20.4 Å². The second-order valence-electron chi connectivity index (χ2n) is 13.2. The smallest absolute Gasteiger partial charge is 0.251 e. The average molecular weight is 635 g/mol. The minimum atomic E-state index is -0.350. The van der Waals surface area contributed by atoms with Gasteiger partial charge < -0.3 is 20.4 Å². The van der Waals surface area contributed by atoms with Crippen molar-refractivity contribution in [1.29, 1.82) is 0 Å². The predicted molar refractivity (Wildman–Crippen MR) is 184 cm³/mol. The van der Waals surface area contributed by atoms with Gasteiger partial charge >= 0.3 is 0 Å². The summed E-state index contributed by atoms with van der Waals surface area (Å²) < 4.78 is 15.6. The zero-order valence-corrected chi connectivity index (χ0v) is 27.0. The third-order valence-electron chi connectivity index (χ3n) is 9.85. The predicted octanol–water partition coefficient (Wildman–Crippen LogP) is 5.61. The second kappa shape index (κ2) is 14.3. The quantitative estimate of drug-likeness (QED) is 0.304. The van der Waals surface area contributed by atoms with E-state index in [9.17, 15) is 9.59 Å². The van der Waals surface area contributed by atoms with Crippen molar-refractivity contribution in [2.75, 3.05) is 52.4 Å². The van der Waals surface area contributed by atoms with Crippen LogP contribution in [0.3, 0.4) is 0 Å². The number of benzene rings is 3. The lowest BCUT2D eigenvalue weighted by Crippen LogP contribution is -2.37. The van der Waals surface area contributed by atoms with Crippen LogP contribution in [0.15, 0.2) is 64.6 Å². The maximum Gasteiger partial charge on any atom is 0.251 e. The Morgan fingerprint density at radius 2 is 1.15 bits per heavy atom. The van der Waals surface area contributed by atoms with Gasteiger partial charge in [0.15, 0.2) is 0 Å². The third-order valence-corrected chi connectivity index (χ3v) is 9.85. The third kappa shape index (κ3) is 7.36. The molecule has 8 nitrogen and oxygen atoms in total. The lowest BCUT2D eigenvalue weighted by Gasteiger charge is -2.26. The minimum absolute atomic E-state index is 0.0763. The summed E-state index contributed by atoms with van der Waals surface area (Å²) in [6.07, 6.45) is 8.53. The van der Waals surface area contributed by atoms with Crippen LogP contribution >= 0.6 is 0 Å². The first-order valence-electron chi connectivity index (χ1n) is 17.2. The Morgan fingerprint density at radius 3 is 1.68 bits per heavy atom. The zero-order valence-electron chi connectivity index (χ0n) is 27.0. The molecule has 0 aromatic heterocycles. The summed E-state index contributed by atoms with van der Waals surface area (Å²) in [7, 11) is 0. The van der Waals surface area contributed by atoms with Gasteiger partial charge in [-0.15, -0.1) is 0 Å². The van der Waals surface area contributed by atoms with Crippen LogP contribution in [0.1, 0.15) is 81.5 Å². The van der Waals surface area contributed by atoms with Crippen molar-refractivity contribution in [2.45, 2.75) is 51.4 Å². The van der Waals surface area contributed by atoms with Gasteiger partial charge in [0.25, 0.3) is 11.8 Å². The molecule has 0 atom stereocenters. The fourth-order valence-electron chi connectivity index (χ4n) is 7.16. The van der Waals surface area contributed by atoms with E-state index in [1.807, 2.05) is 36.4 Å². The number of nitrogens with one attached hydrogen (secondary N) is 2. The zero-order chi connectivity index (χ0) is 32.2. The topological polar surface area (TPSA) is 89.4 Å². The monoisotopic (exact) mass is 634 g/mol. The number of carbonyl (C=O) groups is 2. The number of carbonyl (C=O) groups excluding carboxylic acids is 2. The summed E-state index contributed by atoms with van der Waals surface area (Å²) in [6.45, 7) is 7.44. The number of aliphatic imine (C=N–C) groups is 2. The van der Waals surface area contributed by atoms with Crippen molar-refractivity contribution in [3.8, 4) is 0 Å². The van der Waals surface area contributed by atoms with Gasteiger partial charge in [-0.1, -0.05) is 18.9 Å². The number of hydrogen-bond acceptors (Lipinski definition) is 6. The van der Waals surface area contributed by atoms with E-state index in [0.29, 0.717) is 48.3 Å². The first-order chi connectivity index (χ1) is 23.0. The molecule has 2 saturated heterocycles. The molecule has 2 fully saturated rings. The Kier molecular flexibility index (Phi) is 9.54. The molecule has 4 aliphatic heterocycles. The summed E-state index contributed by atoms with van der Waals surface area (Å²) >= 11 is 0. The van der Waals surface area contributed by atoms with Gasteiger partial charge in [0.05, 0.1) is 22.8 Å². The highest BCUT2D eigenvalue weighted by Crippen LogP contribution is 2.33. The van der Waals surface area contributed by atoms with E-state index in [1.165, 1.54) is 44.6 Å². The van der Waals surface area contributed by atoms with Gasteiger partial charge in [0, 0.05) is 55.7 Å². The van der Waals surface area contributed by atoms with Crippen molar-refractivity contribution < 1.29 is 14.0 Å². The number of likely N-dealkylation sites (tertiary alicyclic amines) is 2. The maximum absolute atomic E-state index is 15.6. The van der Waals surface area contributed by atoms with Gasteiger partial charge in [-0.2, -0.15) is 0 Å². The van der Waals surface area contributed by atoms with Crippen LogP contribution in [0.25, 0.3) is 0 Å². The minimum Gasteiger partial charge on any atom is -0.351 e. The highest BCUT2D eigenvalue weighted by molar-refractivity contribution is 6.10. The Bertz CT molecular complexity index is 1720. The van der Waals surface area contributed by atoms with E-state index < -0.39 is 0 Å². The van der Waals surface area contributed by atoms with E-state index in [4.69, 9.17) is 9.98 Å². The second-order valence-corrected chi connectivity index (χ2v) is 13.2. The van der Waals surface area contributed by atoms with Crippen LogP contribution in [0.2, 0.25) is 0 Å². The molecule has 3 aromatic carbocycles. The molecule has 2 N–H and O–H groups in total. The molecule has 0 unspecified atom stereocenters. The van der Waals surface area contributed by atoms with Gasteiger partial charge in [0.2, 0.25) is 0 Å². The first kappa shape index (κ1) is 31.4. The van der Waals surface area contributed by atoms with Crippen LogP contribution < -0.4 is 10.6 Å². The van der Waals surface area contributed by atoms with Gasteiger partial charge in [0.1, 0.15) is 5.82 Å². The van der Waals surface area contributed by atoms with Crippen LogP contribution in [0, 0.1) is 5.82 Å². The molecule has 0 radical (unpaired) electrons. The molecule has 47 heavy (non-hydrogen) atoms. The number of halogens is 1. The van der Waals surface area contributed by atoms with Gasteiger partial charge in [-0.05, 0) is 117 Å². The summed E-state index contributed by atoms with van der Waals surface area (Å²) in [5, 5.41) is 6.10.